The van der Waals surface area contributed by atoms with Crippen molar-refractivity contribution in [2.24, 2.45) is 0 Å². The number of nitrogens with zero attached hydrogens (tertiary/aromatic N) is 1. The molecule has 0 heterocycles. The lowest BCUT2D eigenvalue weighted by Crippen LogP contribution is -2.42. The minimum Gasteiger partial charge on any atom is -0.273 e. The van der Waals surface area contributed by atoms with Gasteiger partial charge in [-0.1, -0.05) is 25.1 Å². The van der Waals surface area contributed by atoms with Gasteiger partial charge in [-0.2, -0.15) is 0 Å². The lowest BCUT2D eigenvalue weighted by atomic mass is 9.98. The maximum Gasteiger partial charge on any atom is 0.269 e. The minimum absolute atomic E-state index is 0.0265. The summed E-state index contributed by atoms with van der Waals surface area (Å²) in [5.41, 5.74) is 5.46. The number of halogens is 1. The van der Waals surface area contributed by atoms with Crippen LogP contribution in [0.4, 0.5) is 4.39 Å². The van der Waals surface area contributed by atoms with Gasteiger partial charge in [0.05, 0.1) is 4.90 Å². The van der Waals surface area contributed by atoms with Crippen LogP contribution in [0.3, 0.4) is 0 Å². The van der Waals surface area contributed by atoms with E-state index in [0.29, 0.717) is 0 Å². The Morgan fingerprint density at radius 2 is 1.71 bits per heavy atom. The van der Waals surface area contributed by atoms with Crippen molar-refractivity contribution in [2.75, 3.05) is 14.1 Å². The Bertz CT molecular complexity index is 959. The fourth-order valence-electron chi connectivity index (χ4n) is 2.45. The number of benzene rings is 2. The molecular weight excluding hydrogens is 385 g/mol. The lowest BCUT2D eigenvalue weighted by molar-refractivity contribution is -0.122. The third-order valence-electron chi connectivity index (χ3n) is 4.12. The van der Waals surface area contributed by atoms with E-state index >= 15 is 0 Å². The second-order valence-electron chi connectivity index (χ2n) is 6.47. The average molecular weight is 407 g/mol. The Morgan fingerprint density at radius 1 is 1.07 bits per heavy atom. The molecule has 0 spiro atoms. The first-order chi connectivity index (χ1) is 13.1. The molecule has 2 N–H and O–H groups in total. The highest BCUT2D eigenvalue weighted by Gasteiger charge is 2.19. The normalized spacial score (nSPS) is 12.5. The van der Waals surface area contributed by atoms with E-state index in [0.717, 1.165) is 9.87 Å². The van der Waals surface area contributed by atoms with Crippen molar-refractivity contribution in [1.82, 2.24) is 15.2 Å². The van der Waals surface area contributed by atoms with Gasteiger partial charge < -0.3 is 0 Å². The molecular formula is C19H22FN3O4S. The van der Waals surface area contributed by atoms with E-state index in [9.17, 15) is 22.4 Å². The van der Waals surface area contributed by atoms with Crippen molar-refractivity contribution < 1.29 is 22.4 Å². The third-order valence-corrected chi connectivity index (χ3v) is 5.93. The monoisotopic (exact) mass is 407 g/mol. The molecule has 0 saturated heterocycles. The number of hydrazine groups is 1. The molecule has 2 aromatic carbocycles. The molecule has 0 aliphatic carbocycles. The first-order valence-corrected chi connectivity index (χ1v) is 9.92. The van der Waals surface area contributed by atoms with E-state index in [2.05, 4.69) is 10.9 Å². The number of hydrogen-bond donors (Lipinski definition) is 2. The van der Waals surface area contributed by atoms with Gasteiger partial charge in [-0.25, -0.2) is 17.1 Å². The summed E-state index contributed by atoms with van der Waals surface area (Å²) in [4.78, 5) is 24.2. The molecule has 9 heteroatoms. The Labute approximate surface area is 163 Å². The maximum atomic E-state index is 13.0. The molecule has 2 amide bonds. The summed E-state index contributed by atoms with van der Waals surface area (Å²) in [6.07, 6.45) is 0.0843. The summed E-state index contributed by atoms with van der Waals surface area (Å²) >= 11 is 0. The van der Waals surface area contributed by atoms with Crippen LogP contribution in [0, 0.1) is 5.82 Å². The van der Waals surface area contributed by atoms with Crippen molar-refractivity contribution in [3.63, 3.8) is 0 Å². The van der Waals surface area contributed by atoms with Crippen LogP contribution in [0.15, 0.2) is 53.4 Å². The fraction of sp³-hybridized carbons (Fsp3) is 0.263. The van der Waals surface area contributed by atoms with E-state index in [1.54, 1.807) is 12.1 Å². The molecule has 2 aromatic rings. The van der Waals surface area contributed by atoms with Gasteiger partial charge in [0.1, 0.15) is 5.82 Å². The number of hydrogen-bond acceptors (Lipinski definition) is 4. The summed E-state index contributed by atoms with van der Waals surface area (Å²) in [5.74, 6) is -1.60. The highest BCUT2D eigenvalue weighted by molar-refractivity contribution is 7.89. The molecule has 0 saturated carbocycles. The predicted molar refractivity (Wildman–Crippen MR) is 102 cm³/mol. The fourth-order valence-corrected chi connectivity index (χ4v) is 3.39. The zero-order valence-electron chi connectivity index (χ0n) is 15.8. The average Bonchev–Trinajstić information content (AvgIpc) is 2.66. The van der Waals surface area contributed by atoms with Gasteiger partial charge in [0, 0.05) is 26.1 Å². The molecule has 1 unspecified atom stereocenters. The first kappa shape index (κ1) is 21.5. The standard InChI is InChI=1S/C19H22FN3O4S/c1-13(14-7-9-16(20)10-8-14)11-18(24)21-22-19(25)15-5-4-6-17(12-15)28(26,27)23(2)3/h4-10,12-13H,11H2,1-3H3,(H,21,24)(H,22,25). The molecule has 0 fully saturated rings. The van der Waals surface area contributed by atoms with Crippen molar-refractivity contribution in [3.05, 3.63) is 65.5 Å². The summed E-state index contributed by atoms with van der Waals surface area (Å²) < 4.78 is 38.3. The zero-order valence-corrected chi connectivity index (χ0v) is 16.6. The SMILES string of the molecule is CC(CC(=O)NNC(=O)c1cccc(S(=O)(=O)N(C)C)c1)c1ccc(F)cc1. The Balaban J connectivity index is 1.96. The van der Waals surface area contributed by atoms with E-state index in [-0.39, 0.29) is 28.6 Å². The largest absolute Gasteiger partial charge is 0.273 e. The Hall–Kier alpha value is -2.78. The van der Waals surface area contributed by atoms with Gasteiger partial charge in [0.2, 0.25) is 15.9 Å². The number of carbonyl (C=O) groups is 2. The number of amides is 2. The molecule has 0 aliphatic rings. The highest BCUT2D eigenvalue weighted by atomic mass is 32.2. The third kappa shape index (κ3) is 5.37. The maximum absolute atomic E-state index is 13.0. The second kappa shape index (κ2) is 8.94. The number of rotatable bonds is 6. The van der Waals surface area contributed by atoms with Crippen LogP contribution in [0.2, 0.25) is 0 Å². The summed E-state index contributed by atoms with van der Waals surface area (Å²) in [6, 6.07) is 11.3. The van der Waals surface area contributed by atoms with E-state index in [4.69, 9.17) is 0 Å². The first-order valence-electron chi connectivity index (χ1n) is 8.48. The summed E-state index contributed by atoms with van der Waals surface area (Å²) in [5, 5.41) is 0. The van der Waals surface area contributed by atoms with Crippen LogP contribution in [0.5, 0.6) is 0 Å². The van der Waals surface area contributed by atoms with Crippen LogP contribution in [0.1, 0.15) is 35.2 Å². The highest BCUT2D eigenvalue weighted by Crippen LogP contribution is 2.19. The van der Waals surface area contributed by atoms with E-state index < -0.39 is 21.8 Å². The van der Waals surface area contributed by atoms with Crippen LogP contribution >= 0.6 is 0 Å². The molecule has 0 bridgehead atoms. The quantitative estimate of drug-likeness (QED) is 0.717. The number of carbonyl (C=O) groups excluding carboxylic acids is 2. The molecule has 150 valence electrons. The Morgan fingerprint density at radius 3 is 2.32 bits per heavy atom. The number of nitrogens with one attached hydrogen (secondary N) is 2. The molecule has 0 aliphatic heterocycles. The van der Waals surface area contributed by atoms with Gasteiger partial charge in [-0.05, 0) is 41.8 Å². The molecule has 7 nitrogen and oxygen atoms in total. The van der Waals surface area contributed by atoms with Crippen molar-refractivity contribution in [3.8, 4) is 0 Å². The van der Waals surface area contributed by atoms with Crippen LogP contribution in [-0.2, 0) is 14.8 Å². The van der Waals surface area contributed by atoms with Crippen LogP contribution < -0.4 is 10.9 Å². The minimum atomic E-state index is -3.67. The van der Waals surface area contributed by atoms with Gasteiger partial charge in [0.25, 0.3) is 5.91 Å². The van der Waals surface area contributed by atoms with Crippen molar-refractivity contribution >= 4 is 21.8 Å². The van der Waals surface area contributed by atoms with Gasteiger partial charge in [-0.15, -0.1) is 0 Å². The van der Waals surface area contributed by atoms with Gasteiger partial charge >= 0.3 is 0 Å². The van der Waals surface area contributed by atoms with Crippen molar-refractivity contribution in [2.45, 2.75) is 24.2 Å². The van der Waals surface area contributed by atoms with Crippen LogP contribution in [-0.4, -0.2) is 38.6 Å². The molecule has 0 radical (unpaired) electrons. The molecule has 28 heavy (non-hydrogen) atoms. The second-order valence-corrected chi connectivity index (χ2v) is 8.63. The van der Waals surface area contributed by atoms with E-state index in [1.807, 2.05) is 6.92 Å². The molecule has 2 rings (SSSR count). The molecule has 1 atom stereocenters. The zero-order chi connectivity index (χ0) is 20.9. The number of sulfonamides is 1. The summed E-state index contributed by atoms with van der Waals surface area (Å²) in [7, 11) is -0.888. The molecule has 0 aromatic heterocycles. The Kier molecular flexibility index (Phi) is 6.87. The van der Waals surface area contributed by atoms with Crippen molar-refractivity contribution in [1.29, 1.82) is 0 Å². The topological polar surface area (TPSA) is 95.6 Å². The predicted octanol–water partition coefficient (Wildman–Crippen LogP) is 2.03. The van der Waals surface area contributed by atoms with Gasteiger partial charge in [0.15, 0.2) is 0 Å². The lowest BCUT2D eigenvalue weighted by Gasteiger charge is -2.14. The van der Waals surface area contributed by atoms with E-state index in [1.165, 1.54) is 50.5 Å². The van der Waals surface area contributed by atoms with Crippen LogP contribution in [0.25, 0.3) is 0 Å². The summed E-state index contributed by atoms with van der Waals surface area (Å²) in [6.45, 7) is 1.81. The smallest absolute Gasteiger partial charge is 0.269 e. The van der Waals surface area contributed by atoms with Gasteiger partial charge in [-0.3, -0.25) is 20.4 Å².